The quantitative estimate of drug-likeness (QED) is 0.395. The van der Waals surface area contributed by atoms with Crippen LogP contribution in [0.5, 0.6) is 0 Å². The molecular formula is C20H15N5O3. The molecule has 2 heterocycles. The van der Waals surface area contributed by atoms with E-state index in [1.165, 1.54) is 27.8 Å². The maximum absolute atomic E-state index is 12.7. The van der Waals surface area contributed by atoms with Crippen molar-refractivity contribution in [1.29, 1.82) is 0 Å². The molecule has 0 saturated heterocycles. The van der Waals surface area contributed by atoms with E-state index in [9.17, 15) is 14.9 Å². The highest BCUT2D eigenvalue weighted by Crippen LogP contribution is 2.23. The molecule has 0 spiro atoms. The fraction of sp³-hybridized carbons (Fsp3) is 0.0500. The minimum atomic E-state index is -0.488. The van der Waals surface area contributed by atoms with Crippen molar-refractivity contribution in [2.24, 2.45) is 0 Å². The third-order valence-electron chi connectivity index (χ3n) is 4.27. The van der Waals surface area contributed by atoms with Gasteiger partial charge in [0.25, 0.3) is 11.2 Å². The first kappa shape index (κ1) is 17.3. The molecule has 0 fully saturated rings. The van der Waals surface area contributed by atoms with Crippen molar-refractivity contribution in [3.8, 4) is 5.69 Å². The van der Waals surface area contributed by atoms with Gasteiger partial charge in [-0.3, -0.25) is 19.5 Å². The van der Waals surface area contributed by atoms with Gasteiger partial charge in [0.15, 0.2) is 5.65 Å². The molecule has 8 nitrogen and oxygen atoms in total. The summed E-state index contributed by atoms with van der Waals surface area (Å²) in [5, 5.41) is 15.7. The van der Waals surface area contributed by atoms with Gasteiger partial charge in [0.2, 0.25) is 0 Å². The van der Waals surface area contributed by atoms with E-state index in [0.717, 1.165) is 5.56 Å². The van der Waals surface area contributed by atoms with Crippen molar-refractivity contribution in [3.63, 3.8) is 0 Å². The zero-order chi connectivity index (χ0) is 19.5. The van der Waals surface area contributed by atoms with E-state index >= 15 is 0 Å². The van der Waals surface area contributed by atoms with E-state index in [0.29, 0.717) is 11.9 Å². The fourth-order valence-corrected chi connectivity index (χ4v) is 2.92. The third kappa shape index (κ3) is 3.18. The minimum absolute atomic E-state index is 0.107. The molecule has 28 heavy (non-hydrogen) atoms. The number of hydrogen-bond acceptors (Lipinski definition) is 5. The van der Waals surface area contributed by atoms with Crippen LogP contribution in [-0.4, -0.2) is 24.3 Å². The molecule has 0 saturated carbocycles. The van der Waals surface area contributed by atoms with Crippen molar-refractivity contribution >= 4 is 22.8 Å². The van der Waals surface area contributed by atoms with Crippen LogP contribution in [0.15, 0.2) is 78.0 Å². The molecule has 0 unspecified atom stereocenters. The molecular weight excluding hydrogens is 358 g/mol. The first-order valence-electron chi connectivity index (χ1n) is 8.54. The number of fused-ring (bicyclic) bond motifs is 1. The minimum Gasteiger partial charge on any atom is -0.295 e. The Bertz CT molecular complexity index is 1240. The van der Waals surface area contributed by atoms with Crippen molar-refractivity contribution < 1.29 is 4.92 Å². The van der Waals surface area contributed by atoms with Crippen molar-refractivity contribution in [2.75, 3.05) is 0 Å². The average molecular weight is 373 g/mol. The summed E-state index contributed by atoms with van der Waals surface area (Å²) in [5.74, 6) is 0. The molecule has 4 aromatic rings. The Balaban J connectivity index is 1.70. The van der Waals surface area contributed by atoms with Crippen LogP contribution in [0.4, 0.5) is 5.69 Å². The predicted molar refractivity (Wildman–Crippen MR) is 105 cm³/mol. The summed E-state index contributed by atoms with van der Waals surface area (Å²) < 4.78 is 2.78. The summed E-state index contributed by atoms with van der Waals surface area (Å²) >= 11 is 0. The number of nitrogens with zero attached hydrogens (tertiary/aromatic N) is 5. The van der Waals surface area contributed by atoms with Gasteiger partial charge in [0.1, 0.15) is 17.4 Å². The van der Waals surface area contributed by atoms with Gasteiger partial charge in [0, 0.05) is 12.6 Å². The van der Waals surface area contributed by atoms with Crippen molar-refractivity contribution in [2.45, 2.75) is 6.54 Å². The first-order chi connectivity index (χ1) is 13.6. The van der Waals surface area contributed by atoms with Crippen LogP contribution in [-0.2, 0) is 6.54 Å². The molecule has 2 aromatic heterocycles. The normalized spacial score (nSPS) is 11.3. The summed E-state index contributed by atoms with van der Waals surface area (Å²) in [6.07, 6.45) is 6.61. The average Bonchev–Trinajstić information content (AvgIpc) is 3.15. The van der Waals surface area contributed by atoms with E-state index in [-0.39, 0.29) is 22.6 Å². The van der Waals surface area contributed by atoms with Crippen LogP contribution in [0, 0.1) is 10.1 Å². The Morgan fingerprint density at radius 1 is 1.07 bits per heavy atom. The van der Waals surface area contributed by atoms with Crippen LogP contribution in [0.3, 0.4) is 0 Å². The van der Waals surface area contributed by atoms with Gasteiger partial charge in [0.05, 0.1) is 11.1 Å². The zero-order valence-electron chi connectivity index (χ0n) is 14.7. The Hall–Kier alpha value is -4.07. The van der Waals surface area contributed by atoms with Crippen molar-refractivity contribution in [3.05, 3.63) is 99.2 Å². The van der Waals surface area contributed by atoms with Gasteiger partial charge in [-0.25, -0.2) is 9.67 Å². The Morgan fingerprint density at radius 3 is 2.61 bits per heavy atom. The second-order valence-electron chi connectivity index (χ2n) is 6.05. The second-order valence-corrected chi connectivity index (χ2v) is 6.05. The topological polar surface area (TPSA) is 95.8 Å². The zero-order valence-corrected chi connectivity index (χ0v) is 14.7. The maximum atomic E-state index is 12.7. The lowest BCUT2D eigenvalue weighted by Crippen LogP contribution is -2.19. The lowest BCUT2D eigenvalue weighted by Gasteiger charge is -2.05. The SMILES string of the molecule is O=c1c2cnn(-c3ccccc3[N+](=O)[O-])c2ncn1C/C=C/c1ccccc1. The predicted octanol–water partition coefficient (Wildman–Crippen LogP) is 3.20. The van der Waals surface area contributed by atoms with Crippen LogP contribution in [0.2, 0.25) is 0 Å². The summed E-state index contributed by atoms with van der Waals surface area (Å²) in [6.45, 7) is 0.354. The van der Waals surface area contributed by atoms with E-state index in [4.69, 9.17) is 0 Å². The first-order valence-corrected chi connectivity index (χ1v) is 8.54. The van der Waals surface area contributed by atoms with E-state index in [1.54, 1.807) is 18.2 Å². The van der Waals surface area contributed by atoms with Gasteiger partial charge in [-0.1, -0.05) is 54.6 Å². The smallest absolute Gasteiger partial charge is 0.294 e. The van der Waals surface area contributed by atoms with Gasteiger partial charge in [-0.2, -0.15) is 5.10 Å². The number of hydrogen-bond donors (Lipinski definition) is 0. The van der Waals surface area contributed by atoms with Crippen LogP contribution >= 0.6 is 0 Å². The summed E-state index contributed by atoms with van der Waals surface area (Å²) in [6, 6.07) is 16.0. The highest BCUT2D eigenvalue weighted by atomic mass is 16.6. The maximum Gasteiger partial charge on any atom is 0.294 e. The Labute approximate surface area is 159 Å². The van der Waals surface area contributed by atoms with E-state index in [2.05, 4.69) is 10.1 Å². The van der Waals surface area contributed by atoms with Crippen LogP contribution in [0.1, 0.15) is 5.56 Å². The number of allylic oxidation sites excluding steroid dienone is 1. The standard InChI is InChI=1S/C20H15N5O3/c26-20-16-13-22-24(17-10-4-5-11-18(17)25(27)28)19(16)21-14-23(20)12-6-9-15-7-2-1-3-8-15/h1-11,13-14H,12H2/b9-6+. The fourth-order valence-electron chi connectivity index (χ4n) is 2.92. The van der Waals surface area contributed by atoms with E-state index < -0.39 is 4.92 Å². The molecule has 8 heteroatoms. The molecule has 0 bridgehead atoms. The molecule has 4 rings (SSSR count). The molecule has 138 valence electrons. The lowest BCUT2D eigenvalue weighted by molar-refractivity contribution is -0.384. The number of nitro benzene ring substituents is 1. The Kier molecular flexibility index (Phi) is 4.51. The number of rotatable bonds is 5. The molecule has 0 radical (unpaired) electrons. The summed E-state index contributed by atoms with van der Waals surface area (Å²) in [5.41, 5.74) is 1.21. The Morgan fingerprint density at radius 2 is 1.82 bits per heavy atom. The summed E-state index contributed by atoms with van der Waals surface area (Å²) in [7, 11) is 0. The summed E-state index contributed by atoms with van der Waals surface area (Å²) in [4.78, 5) is 27.8. The third-order valence-corrected chi connectivity index (χ3v) is 4.27. The largest absolute Gasteiger partial charge is 0.295 e. The van der Waals surface area contributed by atoms with Gasteiger partial charge in [-0.05, 0) is 11.6 Å². The van der Waals surface area contributed by atoms with Gasteiger partial charge >= 0.3 is 0 Å². The second kappa shape index (κ2) is 7.28. The number of nitro groups is 1. The van der Waals surface area contributed by atoms with Crippen molar-refractivity contribution in [1.82, 2.24) is 19.3 Å². The highest BCUT2D eigenvalue weighted by Gasteiger charge is 2.18. The molecule has 0 aliphatic carbocycles. The number of para-hydroxylation sites is 2. The molecule has 0 atom stereocenters. The highest BCUT2D eigenvalue weighted by molar-refractivity contribution is 5.76. The molecule has 0 aliphatic rings. The number of benzene rings is 2. The molecule has 0 aliphatic heterocycles. The molecule has 2 aromatic carbocycles. The monoisotopic (exact) mass is 373 g/mol. The van der Waals surface area contributed by atoms with Crippen LogP contribution in [0.25, 0.3) is 22.8 Å². The van der Waals surface area contributed by atoms with Gasteiger partial charge < -0.3 is 0 Å². The molecule has 0 N–H and O–H groups in total. The lowest BCUT2D eigenvalue weighted by atomic mass is 10.2. The van der Waals surface area contributed by atoms with Crippen LogP contribution < -0.4 is 5.56 Å². The van der Waals surface area contributed by atoms with Gasteiger partial charge in [-0.15, -0.1) is 0 Å². The number of aromatic nitrogens is 4. The molecule has 0 amide bonds. The van der Waals surface area contributed by atoms with E-state index in [1.807, 2.05) is 42.5 Å².